The first-order chi connectivity index (χ1) is 5.33. The van der Waals surface area contributed by atoms with Crippen molar-refractivity contribution in [2.24, 2.45) is 0 Å². The van der Waals surface area contributed by atoms with Gasteiger partial charge in [0.2, 0.25) is 0 Å². The molecule has 62 valence electrons. The minimum atomic E-state index is 0.261. The van der Waals surface area contributed by atoms with Crippen LogP contribution in [-0.4, -0.2) is 34.4 Å². The second-order valence-electron chi connectivity index (χ2n) is 2.17. The Hall–Kier alpha value is -0.550. The lowest BCUT2D eigenvalue weighted by atomic mass is 10.5. The number of nitrogens with one attached hydrogen (secondary N) is 1. The third-order valence-corrected chi connectivity index (χ3v) is 2.39. The Kier molecular flexibility index (Phi) is 3.38. The summed E-state index contributed by atoms with van der Waals surface area (Å²) in [6.45, 7) is 2.02. The summed E-state index contributed by atoms with van der Waals surface area (Å²) in [7, 11) is 1.70. The number of hydrogen-bond acceptors (Lipinski definition) is 4. The molecule has 0 aliphatic heterocycles. The van der Waals surface area contributed by atoms with Gasteiger partial charge in [-0.25, -0.2) is 0 Å². The summed E-state index contributed by atoms with van der Waals surface area (Å²) >= 11 is 1.63. The maximum atomic E-state index is 5.07. The van der Waals surface area contributed by atoms with Crippen molar-refractivity contribution in [3.05, 3.63) is 6.20 Å². The van der Waals surface area contributed by atoms with Crippen molar-refractivity contribution < 1.29 is 4.74 Å². The Morgan fingerprint density at radius 2 is 2.64 bits per heavy atom. The van der Waals surface area contributed by atoms with Crippen LogP contribution in [0.5, 0.6) is 0 Å². The molecule has 0 saturated carbocycles. The monoisotopic (exact) mass is 173 g/mol. The molecule has 5 heteroatoms. The van der Waals surface area contributed by atoms with Gasteiger partial charge in [-0.3, -0.25) is 0 Å². The third-order valence-electron chi connectivity index (χ3n) is 1.26. The fourth-order valence-corrected chi connectivity index (χ4v) is 1.31. The van der Waals surface area contributed by atoms with Gasteiger partial charge in [0.15, 0.2) is 0 Å². The SMILES string of the molecule is COC(C)CSc1cn[nH]n1. The van der Waals surface area contributed by atoms with Crippen LogP contribution in [0.25, 0.3) is 0 Å². The molecule has 1 heterocycles. The first-order valence-electron chi connectivity index (χ1n) is 3.34. The van der Waals surface area contributed by atoms with Crippen LogP contribution < -0.4 is 0 Å². The number of ether oxygens (including phenoxy) is 1. The molecular weight excluding hydrogens is 162 g/mol. The Labute approximate surface area is 69.7 Å². The molecule has 0 spiro atoms. The molecular formula is C6H11N3OS. The maximum Gasteiger partial charge on any atom is 0.138 e. The molecule has 0 saturated heterocycles. The van der Waals surface area contributed by atoms with E-state index in [-0.39, 0.29) is 6.10 Å². The van der Waals surface area contributed by atoms with Gasteiger partial charge in [-0.15, -0.1) is 16.9 Å². The first kappa shape index (κ1) is 8.55. The number of H-pyrrole nitrogens is 1. The number of rotatable bonds is 4. The minimum absolute atomic E-state index is 0.261. The number of thioether (sulfide) groups is 1. The van der Waals surface area contributed by atoms with Gasteiger partial charge >= 0.3 is 0 Å². The van der Waals surface area contributed by atoms with Crippen molar-refractivity contribution >= 4 is 11.8 Å². The second kappa shape index (κ2) is 4.35. The molecule has 1 unspecified atom stereocenters. The summed E-state index contributed by atoms with van der Waals surface area (Å²) in [5.74, 6) is 0.906. The van der Waals surface area contributed by atoms with Crippen LogP contribution in [0, 0.1) is 0 Å². The van der Waals surface area contributed by atoms with Crippen LogP contribution in [0.4, 0.5) is 0 Å². The van der Waals surface area contributed by atoms with E-state index >= 15 is 0 Å². The van der Waals surface area contributed by atoms with Crippen molar-refractivity contribution in [3.8, 4) is 0 Å². The molecule has 0 radical (unpaired) electrons. The quantitative estimate of drug-likeness (QED) is 0.688. The summed E-state index contributed by atoms with van der Waals surface area (Å²) in [5.41, 5.74) is 0. The van der Waals surface area contributed by atoms with Gasteiger partial charge in [0.25, 0.3) is 0 Å². The number of aromatic amines is 1. The molecule has 0 bridgehead atoms. The van der Waals surface area contributed by atoms with Crippen molar-refractivity contribution in [1.82, 2.24) is 15.4 Å². The van der Waals surface area contributed by atoms with Gasteiger partial charge in [0.05, 0.1) is 12.3 Å². The van der Waals surface area contributed by atoms with Crippen LogP contribution in [0.2, 0.25) is 0 Å². The molecule has 0 fully saturated rings. The van der Waals surface area contributed by atoms with Crippen molar-refractivity contribution in [3.63, 3.8) is 0 Å². The molecule has 1 aromatic rings. The molecule has 0 aromatic carbocycles. The topological polar surface area (TPSA) is 50.8 Å². The molecule has 0 amide bonds. The van der Waals surface area contributed by atoms with E-state index in [1.54, 1.807) is 25.1 Å². The van der Waals surface area contributed by atoms with E-state index in [1.165, 1.54) is 0 Å². The highest BCUT2D eigenvalue weighted by Crippen LogP contribution is 2.14. The largest absolute Gasteiger partial charge is 0.381 e. The summed E-state index contributed by atoms with van der Waals surface area (Å²) in [5, 5.41) is 11.0. The van der Waals surface area contributed by atoms with Gasteiger partial charge < -0.3 is 4.74 Å². The van der Waals surface area contributed by atoms with E-state index in [9.17, 15) is 0 Å². The second-order valence-corrected chi connectivity index (χ2v) is 3.21. The van der Waals surface area contributed by atoms with Crippen LogP contribution in [0.15, 0.2) is 11.2 Å². The van der Waals surface area contributed by atoms with E-state index in [4.69, 9.17) is 4.74 Å². The molecule has 1 N–H and O–H groups in total. The zero-order valence-electron chi connectivity index (χ0n) is 6.57. The lowest BCUT2D eigenvalue weighted by Crippen LogP contribution is -2.07. The number of methoxy groups -OCH3 is 1. The predicted octanol–water partition coefficient (Wildman–Crippen LogP) is 0.932. The minimum Gasteiger partial charge on any atom is -0.381 e. The van der Waals surface area contributed by atoms with Gasteiger partial charge in [-0.05, 0) is 6.92 Å². The highest BCUT2D eigenvalue weighted by atomic mass is 32.2. The Bertz CT molecular complexity index is 190. The van der Waals surface area contributed by atoms with Crippen LogP contribution in [-0.2, 0) is 4.74 Å². The number of aromatic nitrogens is 3. The van der Waals surface area contributed by atoms with E-state index in [0.717, 1.165) is 10.8 Å². The van der Waals surface area contributed by atoms with Crippen molar-refractivity contribution in [2.75, 3.05) is 12.9 Å². The van der Waals surface area contributed by atoms with E-state index < -0.39 is 0 Å². The first-order valence-corrected chi connectivity index (χ1v) is 4.33. The average molecular weight is 173 g/mol. The Balaban J connectivity index is 2.23. The Morgan fingerprint density at radius 3 is 3.18 bits per heavy atom. The Morgan fingerprint density at radius 1 is 1.82 bits per heavy atom. The van der Waals surface area contributed by atoms with E-state index in [2.05, 4.69) is 15.4 Å². The summed E-state index contributed by atoms with van der Waals surface area (Å²) in [6.07, 6.45) is 1.96. The highest BCUT2D eigenvalue weighted by Gasteiger charge is 2.01. The van der Waals surface area contributed by atoms with E-state index in [1.807, 2.05) is 6.92 Å². The van der Waals surface area contributed by atoms with Crippen molar-refractivity contribution in [1.29, 1.82) is 0 Å². The van der Waals surface area contributed by atoms with Crippen LogP contribution >= 0.6 is 11.8 Å². The standard InChI is InChI=1S/C6H11N3OS/c1-5(10-2)4-11-6-3-7-9-8-6/h3,5H,4H2,1-2H3,(H,7,8,9). The highest BCUT2D eigenvalue weighted by molar-refractivity contribution is 7.99. The zero-order valence-corrected chi connectivity index (χ0v) is 7.39. The van der Waals surface area contributed by atoms with Crippen molar-refractivity contribution in [2.45, 2.75) is 18.1 Å². The molecule has 4 nitrogen and oxygen atoms in total. The molecule has 1 atom stereocenters. The maximum absolute atomic E-state index is 5.07. The summed E-state index contributed by atoms with van der Waals surface area (Å²) < 4.78 is 5.07. The number of nitrogens with zero attached hydrogens (tertiary/aromatic N) is 2. The van der Waals surface area contributed by atoms with Gasteiger partial charge in [0.1, 0.15) is 5.03 Å². The summed E-state index contributed by atoms with van der Waals surface area (Å²) in [6, 6.07) is 0. The van der Waals surface area contributed by atoms with E-state index in [0.29, 0.717) is 0 Å². The predicted molar refractivity (Wildman–Crippen MR) is 43.6 cm³/mol. The average Bonchev–Trinajstić information content (AvgIpc) is 2.52. The molecule has 11 heavy (non-hydrogen) atoms. The third kappa shape index (κ3) is 2.90. The summed E-state index contributed by atoms with van der Waals surface area (Å²) in [4.78, 5) is 0. The van der Waals surface area contributed by atoms with Gasteiger partial charge in [-0.2, -0.15) is 10.3 Å². The molecule has 0 aliphatic rings. The fourth-order valence-electron chi connectivity index (χ4n) is 0.531. The molecule has 1 rings (SSSR count). The van der Waals surface area contributed by atoms with Gasteiger partial charge in [0, 0.05) is 12.9 Å². The zero-order chi connectivity index (χ0) is 8.10. The lowest BCUT2D eigenvalue weighted by molar-refractivity contribution is 0.138. The smallest absolute Gasteiger partial charge is 0.138 e. The lowest BCUT2D eigenvalue weighted by Gasteiger charge is -2.05. The van der Waals surface area contributed by atoms with Crippen LogP contribution in [0.1, 0.15) is 6.92 Å². The van der Waals surface area contributed by atoms with Gasteiger partial charge in [-0.1, -0.05) is 0 Å². The normalized spacial score (nSPS) is 13.3. The fraction of sp³-hybridized carbons (Fsp3) is 0.667. The molecule has 1 aromatic heterocycles. The number of hydrogen-bond donors (Lipinski definition) is 1. The van der Waals surface area contributed by atoms with Crippen LogP contribution in [0.3, 0.4) is 0 Å². The molecule has 0 aliphatic carbocycles.